The highest BCUT2D eigenvalue weighted by Gasteiger charge is 2.51. The quantitative estimate of drug-likeness (QED) is 0.401. The van der Waals surface area contributed by atoms with E-state index in [0.29, 0.717) is 48.9 Å². The summed E-state index contributed by atoms with van der Waals surface area (Å²) in [6.45, 7) is 4.34. The van der Waals surface area contributed by atoms with E-state index in [1.165, 1.54) is 18.2 Å². The number of aromatic nitrogens is 2. The van der Waals surface area contributed by atoms with E-state index in [4.69, 9.17) is 14.0 Å². The first-order chi connectivity index (χ1) is 21.6. The molecule has 1 aromatic heterocycles. The van der Waals surface area contributed by atoms with Crippen LogP contribution >= 0.6 is 0 Å². The van der Waals surface area contributed by atoms with E-state index in [2.05, 4.69) is 25.3 Å². The topological polar surface area (TPSA) is 130 Å². The second kappa shape index (κ2) is 12.4. The van der Waals surface area contributed by atoms with Crippen molar-refractivity contribution < 1.29 is 41.6 Å². The number of nitrogens with one attached hydrogen (secondary N) is 1. The van der Waals surface area contributed by atoms with Gasteiger partial charge in [-0.3, -0.25) is 4.90 Å². The highest BCUT2D eigenvalue weighted by Crippen LogP contribution is 2.36. The van der Waals surface area contributed by atoms with Crippen molar-refractivity contribution in [3.05, 3.63) is 65.2 Å². The number of carbonyl (C=O) groups excluding carboxylic acids is 3. The molecule has 45 heavy (non-hydrogen) atoms. The number of likely N-dealkylation sites (tertiary alicyclic amines) is 1. The van der Waals surface area contributed by atoms with Gasteiger partial charge in [-0.1, -0.05) is 11.2 Å². The second-order valence-corrected chi connectivity index (χ2v) is 11.3. The van der Waals surface area contributed by atoms with Gasteiger partial charge in [-0.15, -0.1) is 0 Å². The van der Waals surface area contributed by atoms with Crippen LogP contribution in [0.3, 0.4) is 0 Å². The summed E-state index contributed by atoms with van der Waals surface area (Å²) >= 11 is 0. The van der Waals surface area contributed by atoms with E-state index >= 15 is 0 Å². The molecule has 4 heterocycles. The minimum absolute atomic E-state index is 0.00338. The molecule has 0 radical (unpaired) electrons. The minimum atomic E-state index is -1.55. The van der Waals surface area contributed by atoms with Gasteiger partial charge in [-0.05, 0) is 62.1 Å². The molecule has 6 rings (SSSR count). The zero-order chi connectivity index (χ0) is 31.8. The van der Waals surface area contributed by atoms with Crippen LogP contribution in [0, 0.1) is 24.4 Å². The molecule has 0 bridgehead atoms. The number of esters is 1. The predicted molar refractivity (Wildman–Crippen MR) is 151 cm³/mol. The molecular weight excluding hydrogens is 597 g/mol. The smallest absolute Gasteiger partial charge is 0.419 e. The van der Waals surface area contributed by atoms with Crippen LogP contribution in [0.1, 0.15) is 36.7 Å². The lowest BCUT2D eigenvalue weighted by Crippen LogP contribution is -2.49. The van der Waals surface area contributed by atoms with E-state index in [0.717, 1.165) is 37.8 Å². The van der Waals surface area contributed by atoms with Crippen LogP contribution in [0.2, 0.25) is 0 Å². The Hall–Kier alpha value is -4.66. The summed E-state index contributed by atoms with van der Waals surface area (Å²) in [7, 11) is 1.09. The fourth-order valence-electron chi connectivity index (χ4n) is 6.32. The number of benzene rings is 2. The molecule has 3 aromatic rings. The average molecular weight is 629 g/mol. The van der Waals surface area contributed by atoms with E-state index < -0.39 is 47.7 Å². The molecule has 0 aliphatic carbocycles. The number of piperidine rings is 1. The lowest BCUT2D eigenvalue weighted by Gasteiger charge is -2.38. The molecule has 0 spiro atoms. The summed E-state index contributed by atoms with van der Waals surface area (Å²) < 4.78 is 57.0. The normalized spacial score (nSPS) is 22.5. The Labute approximate surface area is 256 Å². The van der Waals surface area contributed by atoms with Gasteiger partial charge in [0, 0.05) is 44.0 Å². The number of rotatable bonds is 6. The molecule has 3 aliphatic rings. The van der Waals surface area contributed by atoms with Gasteiger partial charge in [0.2, 0.25) is 6.10 Å². The molecule has 3 atom stereocenters. The zero-order valence-corrected chi connectivity index (χ0v) is 24.5. The Bertz CT molecular complexity index is 1610. The van der Waals surface area contributed by atoms with Crippen LogP contribution in [0.15, 0.2) is 40.9 Å². The lowest BCUT2D eigenvalue weighted by molar-refractivity contribution is -0.150. The third-order valence-corrected chi connectivity index (χ3v) is 8.51. The predicted octanol–water partition coefficient (Wildman–Crippen LogP) is 3.95. The number of cyclic esters (lactones) is 1. The largest absolute Gasteiger partial charge is 0.466 e. The van der Waals surface area contributed by atoms with Gasteiger partial charge in [0.15, 0.2) is 17.5 Å². The molecular formula is C30H31F3N6O6. The molecule has 3 aliphatic heterocycles. The van der Waals surface area contributed by atoms with Crippen molar-refractivity contribution in [2.45, 2.75) is 50.4 Å². The monoisotopic (exact) mass is 628 g/mol. The molecule has 2 unspecified atom stereocenters. The highest BCUT2D eigenvalue weighted by molar-refractivity contribution is 5.96. The Morgan fingerprint density at radius 2 is 1.80 bits per heavy atom. The standard InChI is InChI=1S/C30H31F3N6O6/c1-16-34-27(45-36-16)21-14-18(31)4-6-24(21)37-11-8-20(9-12-37)38-10-7-19(15-38)35-29(41)39-25(17-3-5-22(32)23(33)13-17)26(28(40)43-2)44-30(39)42/h3-6,13-14,19-20,25-26H,7-12,15H2,1-2H3,(H,35,41)/t19-,25?,26?/m1/s1. The molecule has 12 nitrogen and oxygen atoms in total. The van der Waals surface area contributed by atoms with Crippen molar-refractivity contribution in [2.75, 3.05) is 38.2 Å². The molecule has 15 heteroatoms. The fraction of sp³-hybridized carbons (Fsp3) is 0.433. The summed E-state index contributed by atoms with van der Waals surface area (Å²) in [5.41, 5.74) is 1.35. The summed E-state index contributed by atoms with van der Waals surface area (Å²) in [4.78, 5) is 48.0. The summed E-state index contributed by atoms with van der Waals surface area (Å²) in [6.07, 6.45) is -0.399. The third kappa shape index (κ3) is 6.03. The van der Waals surface area contributed by atoms with E-state index in [9.17, 15) is 27.6 Å². The number of amides is 3. The first-order valence-electron chi connectivity index (χ1n) is 14.5. The number of urea groups is 1. The second-order valence-electron chi connectivity index (χ2n) is 11.3. The van der Waals surface area contributed by atoms with Crippen LogP contribution in [0.4, 0.5) is 28.4 Å². The Kier molecular flexibility index (Phi) is 8.36. The van der Waals surface area contributed by atoms with Crippen molar-refractivity contribution in [3.8, 4) is 11.5 Å². The average Bonchev–Trinajstić information content (AvgIpc) is 3.77. The van der Waals surface area contributed by atoms with Gasteiger partial charge < -0.3 is 24.2 Å². The molecule has 238 valence electrons. The van der Waals surface area contributed by atoms with Gasteiger partial charge in [-0.2, -0.15) is 4.98 Å². The zero-order valence-electron chi connectivity index (χ0n) is 24.5. The number of imide groups is 1. The lowest BCUT2D eigenvalue weighted by atomic mass is 10.0. The minimum Gasteiger partial charge on any atom is -0.466 e. The number of aryl methyl sites for hydroxylation is 1. The number of ether oxygens (including phenoxy) is 2. The summed E-state index contributed by atoms with van der Waals surface area (Å²) in [6, 6.07) is 5.11. The number of hydrogen-bond donors (Lipinski definition) is 1. The van der Waals surface area contributed by atoms with Crippen molar-refractivity contribution in [3.63, 3.8) is 0 Å². The van der Waals surface area contributed by atoms with Crippen LogP contribution in [0.25, 0.3) is 11.5 Å². The van der Waals surface area contributed by atoms with Gasteiger partial charge in [-0.25, -0.2) is 32.5 Å². The van der Waals surface area contributed by atoms with E-state index in [1.54, 1.807) is 13.0 Å². The van der Waals surface area contributed by atoms with Crippen molar-refractivity contribution in [1.29, 1.82) is 0 Å². The molecule has 1 N–H and O–H groups in total. The maximum absolute atomic E-state index is 14.1. The number of nitrogens with zero attached hydrogens (tertiary/aromatic N) is 5. The SMILES string of the molecule is COC(=O)C1OC(=O)N(C(=O)N[C@@H]2CCN(C3CCN(c4ccc(F)cc4-c4nc(C)no4)CC3)C2)C1c1ccc(F)c(F)c1. The Balaban J connectivity index is 1.09. The summed E-state index contributed by atoms with van der Waals surface area (Å²) in [5.74, 6) is -2.94. The molecule has 0 saturated carbocycles. The summed E-state index contributed by atoms with van der Waals surface area (Å²) in [5, 5.41) is 6.68. The van der Waals surface area contributed by atoms with Gasteiger partial charge >= 0.3 is 18.1 Å². The molecule has 3 amide bonds. The number of anilines is 1. The van der Waals surface area contributed by atoms with Crippen LogP contribution in [-0.2, 0) is 14.3 Å². The van der Waals surface area contributed by atoms with E-state index in [1.807, 2.05) is 0 Å². The fourth-order valence-corrected chi connectivity index (χ4v) is 6.32. The molecule has 2 aromatic carbocycles. The van der Waals surface area contributed by atoms with Crippen LogP contribution in [0.5, 0.6) is 0 Å². The van der Waals surface area contributed by atoms with E-state index in [-0.39, 0.29) is 23.5 Å². The van der Waals surface area contributed by atoms with Crippen LogP contribution < -0.4 is 10.2 Å². The Morgan fingerprint density at radius 1 is 1.02 bits per heavy atom. The third-order valence-electron chi connectivity index (χ3n) is 8.51. The van der Waals surface area contributed by atoms with Crippen molar-refractivity contribution in [1.82, 2.24) is 25.3 Å². The van der Waals surface area contributed by atoms with Crippen molar-refractivity contribution >= 4 is 23.8 Å². The number of halogens is 3. The first kappa shape index (κ1) is 30.4. The number of hydrogen-bond acceptors (Lipinski definition) is 10. The molecule has 3 fully saturated rings. The number of methoxy groups -OCH3 is 1. The van der Waals surface area contributed by atoms with Crippen LogP contribution in [-0.4, -0.2) is 89.5 Å². The maximum atomic E-state index is 14.1. The number of carbonyl (C=O) groups is 3. The van der Waals surface area contributed by atoms with Crippen molar-refractivity contribution in [2.24, 2.45) is 0 Å². The van der Waals surface area contributed by atoms with Gasteiger partial charge in [0.1, 0.15) is 11.9 Å². The molecule has 3 saturated heterocycles. The maximum Gasteiger partial charge on any atom is 0.419 e. The highest BCUT2D eigenvalue weighted by atomic mass is 19.2. The first-order valence-corrected chi connectivity index (χ1v) is 14.5. The Morgan fingerprint density at radius 3 is 2.49 bits per heavy atom. The van der Waals surface area contributed by atoms with Gasteiger partial charge in [0.25, 0.3) is 5.89 Å². The van der Waals surface area contributed by atoms with Gasteiger partial charge in [0.05, 0.1) is 12.7 Å².